The van der Waals surface area contributed by atoms with E-state index in [-0.39, 0.29) is 29.6 Å². The fourth-order valence-electron chi connectivity index (χ4n) is 3.44. The number of methoxy groups -OCH3 is 1. The van der Waals surface area contributed by atoms with Gasteiger partial charge in [0.25, 0.3) is 17.7 Å². The Bertz CT molecular complexity index is 1350. The lowest BCUT2D eigenvalue weighted by atomic mass is 10.1. The van der Waals surface area contributed by atoms with Crippen molar-refractivity contribution >= 4 is 33.2 Å². The molecule has 12 heteroatoms. The molecule has 0 aliphatic carbocycles. The number of amides is 3. The highest BCUT2D eigenvalue weighted by Gasteiger charge is 2.45. The van der Waals surface area contributed by atoms with Crippen LogP contribution in [0.1, 0.15) is 50.4 Å². The van der Waals surface area contributed by atoms with Crippen molar-refractivity contribution < 1.29 is 40.8 Å². The monoisotopic (exact) mass is 482 g/mol. The van der Waals surface area contributed by atoms with E-state index in [1.807, 2.05) is 0 Å². The summed E-state index contributed by atoms with van der Waals surface area (Å²) in [6.45, 7) is 2.77. The number of halogens is 1. The maximum absolute atomic E-state index is 14.6. The van der Waals surface area contributed by atoms with Crippen molar-refractivity contribution in [1.29, 1.82) is 0 Å². The molecule has 1 aromatic heterocycles. The molecule has 1 atom stereocenters. The molecule has 3 amide bonds. The molecule has 3 rings (SSSR count). The minimum absolute atomic E-state index is 0.0306. The molecule has 0 radical (unpaired) electrons. The number of ether oxygens (including phenoxy) is 2. The number of sulfone groups is 1. The smallest absolute Gasteiger partial charge is 0.265 e. The number of carbonyl (C=O) groups excluding carboxylic acids is 3. The highest BCUT2D eigenvalue weighted by Crippen LogP contribution is 2.38. The molecule has 0 saturated carbocycles. The average molecular weight is 483 g/mol. The van der Waals surface area contributed by atoms with Crippen LogP contribution >= 0.6 is 0 Å². The molecular weight excluding hydrogens is 457 g/mol. The molecule has 10 nitrogen and oxygen atoms in total. The Labute approximate surface area is 193 Å². The first kappa shape index (κ1) is 20.1. The van der Waals surface area contributed by atoms with Gasteiger partial charge in [-0.05, 0) is 31.2 Å². The van der Waals surface area contributed by atoms with Crippen LogP contribution in [0.2, 0.25) is 0 Å². The highest BCUT2D eigenvalue weighted by molar-refractivity contribution is 7.90. The van der Waals surface area contributed by atoms with Crippen LogP contribution in [-0.4, -0.2) is 61.7 Å². The van der Waals surface area contributed by atoms with Gasteiger partial charge in [0.15, 0.2) is 5.75 Å². The van der Waals surface area contributed by atoms with Crippen molar-refractivity contribution in [3.63, 3.8) is 0 Å². The summed E-state index contributed by atoms with van der Waals surface area (Å²) in [6, 6.07) is 2.79. The molecule has 1 N–H and O–H groups in total. The predicted molar refractivity (Wildman–Crippen MR) is 116 cm³/mol. The number of hydrogen-bond acceptors (Lipinski definition) is 8. The fourth-order valence-corrected chi connectivity index (χ4v) is 4.34. The first-order valence-corrected chi connectivity index (χ1v) is 11.7. The summed E-state index contributed by atoms with van der Waals surface area (Å²) >= 11 is 0. The van der Waals surface area contributed by atoms with Crippen LogP contribution < -0.4 is 14.8 Å². The molecule has 0 fully saturated rings. The SMILES string of the molecule is [2H]C([2H])([2H])Oc1ccc([C@H](CS(C)(=O)=O)N2C(=O)c3c(F)ccc(NC(C)=O)c3C2=O)nc1OCC. The van der Waals surface area contributed by atoms with E-state index in [4.69, 9.17) is 13.6 Å². The third kappa shape index (κ3) is 4.80. The molecule has 0 bridgehead atoms. The van der Waals surface area contributed by atoms with Gasteiger partial charge >= 0.3 is 0 Å². The maximum Gasteiger partial charge on any atom is 0.265 e. The Morgan fingerprint density at radius 3 is 2.55 bits per heavy atom. The molecule has 1 aliphatic heterocycles. The summed E-state index contributed by atoms with van der Waals surface area (Å²) in [6.07, 6.45) is 0.872. The van der Waals surface area contributed by atoms with Gasteiger partial charge in [0.2, 0.25) is 5.91 Å². The van der Waals surface area contributed by atoms with Gasteiger partial charge in [-0.2, -0.15) is 0 Å². The fraction of sp³-hybridized carbons (Fsp3) is 0.333. The normalized spacial score (nSPS) is 15.9. The zero-order valence-electron chi connectivity index (χ0n) is 20.8. The number of anilines is 1. The quantitative estimate of drug-likeness (QED) is 0.565. The second-order valence-corrected chi connectivity index (χ2v) is 9.37. The average Bonchev–Trinajstić information content (AvgIpc) is 2.99. The molecular formula is C21H22FN3O7S. The van der Waals surface area contributed by atoms with Crippen molar-refractivity contribution in [3.05, 3.63) is 46.9 Å². The van der Waals surface area contributed by atoms with Crippen LogP contribution in [0.4, 0.5) is 10.1 Å². The maximum atomic E-state index is 14.6. The van der Waals surface area contributed by atoms with E-state index >= 15 is 0 Å². The molecule has 2 heterocycles. The van der Waals surface area contributed by atoms with E-state index in [1.165, 1.54) is 6.07 Å². The van der Waals surface area contributed by atoms with Crippen LogP contribution in [0.15, 0.2) is 24.3 Å². The summed E-state index contributed by atoms with van der Waals surface area (Å²) in [4.78, 5) is 42.8. The minimum atomic E-state index is -3.86. The van der Waals surface area contributed by atoms with Gasteiger partial charge in [-0.3, -0.25) is 19.3 Å². The first-order valence-electron chi connectivity index (χ1n) is 11.1. The van der Waals surface area contributed by atoms with E-state index in [1.54, 1.807) is 6.92 Å². The number of rotatable bonds is 8. The molecule has 0 spiro atoms. The number of nitrogens with one attached hydrogen (secondary N) is 1. The summed E-state index contributed by atoms with van der Waals surface area (Å²) in [7, 11) is -6.70. The lowest BCUT2D eigenvalue weighted by Crippen LogP contribution is -2.38. The van der Waals surface area contributed by atoms with Gasteiger partial charge in [-0.1, -0.05) is 0 Å². The second kappa shape index (κ2) is 9.14. The van der Waals surface area contributed by atoms with Crippen LogP contribution in [0.5, 0.6) is 11.6 Å². The number of fused-ring (bicyclic) bond motifs is 1. The highest BCUT2D eigenvalue weighted by atomic mass is 32.2. The van der Waals surface area contributed by atoms with Gasteiger partial charge < -0.3 is 14.8 Å². The minimum Gasteiger partial charge on any atom is -0.491 e. The number of benzene rings is 1. The Balaban J connectivity index is 2.16. The summed E-state index contributed by atoms with van der Waals surface area (Å²) < 4.78 is 71.2. The van der Waals surface area contributed by atoms with E-state index in [2.05, 4.69) is 10.3 Å². The third-order valence-electron chi connectivity index (χ3n) is 4.68. The van der Waals surface area contributed by atoms with Gasteiger partial charge in [-0.15, -0.1) is 0 Å². The van der Waals surface area contributed by atoms with Crippen molar-refractivity contribution in [1.82, 2.24) is 9.88 Å². The summed E-state index contributed by atoms with van der Waals surface area (Å²) in [5.74, 6) is -5.17. The standard InChI is InChI=1S/C21H22FN3O7S/c1-5-32-19-16(31-3)9-8-13(24-19)15(10-33(4,29)30)25-20(27)17-12(22)6-7-14(23-11(2)26)18(17)21(25)28/h6-9,15H,5,10H2,1-4H3,(H,23,26)/t15-/m0/s1/i3D3. The number of imide groups is 1. The van der Waals surface area contributed by atoms with Crippen molar-refractivity contribution in [2.45, 2.75) is 19.9 Å². The predicted octanol–water partition coefficient (Wildman–Crippen LogP) is 1.97. The topological polar surface area (TPSA) is 132 Å². The van der Waals surface area contributed by atoms with Crippen molar-refractivity contribution in [2.24, 2.45) is 0 Å². The summed E-state index contributed by atoms with van der Waals surface area (Å²) in [5, 5.41) is 2.36. The van der Waals surface area contributed by atoms with E-state index < -0.39 is 63.3 Å². The molecule has 0 saturated heterocycles. The largest absolute Gasteiger partial charge is 0.491 e. The number of aromatic nitrogens is 1. The number of nitrogens with zero attached hydrogens (tertiary/aromatic N) is 2. The molecule has 1 aromatic carbocycles. The lowest BCUT2D eigenvalue weighted by molar-refractivity contribution is -0.114. The van der Waals surface area contributed by atoms with Gasteiger partial charge in [-0.25, -0.2) is 17.8 Å². The zero-order valence-corrected chi connectivity index (χ0v) is 18.7. The Kier molecular flexibility index (Phi) is 5.56. The van der Waals surface area contributed by atoms with Crippen LogP contribution in [0.3, 0.4) is 0 Å². The van der Waals surface area contributed by atoms with E-state index in [0.717, 1.165) is 31.4 Å². The number of hydrogen-bond donors (Lipinski definition) is 1. The molecule has 33 heavy (non-hydrogen) atoms. The van der Waals surface area contributed by atoms with Crippen molar-refractivity contribution in [3.8, 4) is 11.6 Å². The Morgan fingerprint density at radius 2 is 1.94 bits per heavy atom. The van der Waals surface area contributed by atoms with Gasteiger partial charge in [0.1, 0.15) is 15.7 Å². The lowest BCUT2D eigenvalue weighted by Gasteiger charge is -2.26. The van der Waals surface area contributed by atoms with E-state index in [0.29, 0.717) is 4.90 Å². The first-order chi connectivity index (χ1) is 16.6. The van der Waals surface area contributed by atoms with Crippen LogP contribution in [-0.2, 0) is 14.6 Å². The van der Waals surface area contributed by atoms with Crippen LogP contribution in [0.25, 0.3) is 0 Å². The molecule has 1 aliphatic rings. The third-order valence-corrected chi connectivity index (χ3v) is 5.60. The second-order valence-electron chi connectivity index (χ2n) is 7.19. The summed E-state index contributed by atoms with van der Waals surface area (Å²) in [5.41, 5.74) is -1.33. The molecule has 0 unspecified atom stereocenters. The van der Waals surface area contributed by atoms with Crippen molar-refractivity contribution in [2.75, 3.05) is 31.0 Å². The van der Waals surface area contributed by atoms with Crippen LogP contribution in [0, 0.1) is 5.82 Å². The Morgan fingerprint density at radius 1 is 1.24 bits per heavy atom. The Hall–Kier alpha value is -3.54. The number of pyridine rings is 1. The number of carbonyl (C=O) groups is 3. The van der Waals surface area contributed by atoms with Gasteiger partial charge in [0.05, 0.1) is 52.1 Å². The molecule has 176 valence electrons. The zero-order chi connectivity index (χ0) is 27.0. The molecule has 2 aromatic rings. The van der Waals surface area contributed by atoms with Gasteiger partial charge in [0, 0.05) is 13.2 Å². The van der Waals surface area contributed by atoms with E-state index in [9.17, 15) is 27.2 Å².